The van der Waals surface area contributed by atoms with E-state index in [1.807, 2.05) is 17.0 Å². The number of hydrogen-bond acceptors (Lipinski definition) is 8. The highest BCUT2D eigenvalue weighted by Crippen LogP contribution is 2.37. The van der Waals surface area contributed by atoms with Gasteiger partial charge in [-0.25, -0.2) is 8.78 Å². The molecule has 1 atom stereocenters. The number of halogens is 2. The van der Waals surface area contributed by atoms with Crippen molar-refractivity contribution in [3.05, 3.63) is 94.0 Å². The fourth-order valence-corrected chi connectivity index (χ4v) is 6.98. The molecule has 3 aromatic carbocycles. The predicted octanol–water partition coefficient (Wildman–Crippen LogP) is 2.80. The molecule has 3 saturated heterocycles. The van der Waals surface area contributed by atoms with E-state index in [1.54, 1.807) is 42.5 Å². The number of piperazine rings is 1. The first-order valence-corrected chi connectivity index (χ1v) is 15.4. The van der Waals surface area contributed by atoms with Gasteiger partial charge in [0.2, 0.25) is 11.8 Å². The molecule has 46 heavy (non-hydrogen) atoms. The van der Waals surface area contributed by atoms with Crippen molar-refractivity contribution in [2.24, 2.45) is 0 Å². The molecule has 0 bridgehead atoms. The second kappa shape index (κ2) is 11.8. The maximum Gasteiger partial charge on any atom is 0.255 e. The number of rotatable bonds is 7. The number of ether oxygens (including phenoxy) is 1. The number of piperidine rings is 1. The van der Waals surface area contributed by atoms with Crippen molar-refractivity contribution in [1.29, 1.82) is 5.26 Å². The van der Waals surface area contributed by atoms with Crippen LogP contribution >= 0.6 is 0 Å². The summed E-state index contributed by atoms with van der Waals surface area (Å²) in [4.78, 5) is 42.9. The molecule has 0 radical (unpaired) electrons. The van der Waals surface area contributed by atoms with Crippen molar-refractivity contribution in [1.82, 2.24) is 20.4 Å². The van der Waals surface area contributed by atoms with Crippen LogP contribution in [0.1, 0.15) is 45.5 Å². The van der Waals surface area contributed by atoms with Crippen molar-refractivity contribution in [2.45, 2.75) is 37.6 Å². The molecule has 4 aliphatic rings. The van der Waals surface area contributed by atoms with Gasteiger partial charge in [0.25, 0.3) is 5.91 Å². The van der Waals surface area contributed by atoms with Crippen LogP contribution in [0.15, 0.2) is 54.6 Å². The van der Waals surface area contributed by atoms with Crippen LogP contribution in [0, 0.1) is 23.0 Å². The summed E-state index contributed by atoms with van der Waals surface area (Å²) in [5.74, 6) is -1.49. The maximum absolute atomic E-state index is 15.6. The lowest BCUT2D eigenvalue weighted by molar-refractivity contribution is -0.136. The molecule has 4 aliphatic heterocycles. The Hall–Kier alpha value is -4.86. The van der Waals surface area contributed by atoms with Crippen molar-refractivity contribution < 1.29 is 27.9 Å². The normalized spacial score (nSPS) is 21.0. The second-order valence-corrected chi connectivity index (χ2v) is 12.2. The van der Waals surface area contributed by atoms with E-state index in [4.69, 9.17) is 10.00 Å². The molecule has 3 aromatic rings. The molecule has 236 valence electrons. The Morgan fingerprint density at radius 2 is 1.78 bits per heavy atom. The number of carbonyl (C=O) groups is 3. The standard InChI is InChI=1S/C34H32F2N6O4/c35-26-15-23(34(19-38-20-34)41-12-10-40(11-13-41)28-7-4-21(16-37)14-27(28)36)6-5-22(26)18-46-30-3-1-2-24-25(30)17-42(33(24)45)29-8-9-31(43)39-32(29)44/h1-7,14-15,29,38H,8-13,17-20H2,(H,39,43,44)/t29-/m0/s1. The van der Waals surface area contributed by atoms with E-state index in [1.165, 1.54) is 11.0 Å². The minimum Gasteiger partial charge on any atom is -0.488 e. The third-order valence-electron chi connectivity index (χ3n) is 9.65. The van der Waals surface area contributed by atoms with Crippen LogP contribution in [0.5, 0.6) is 5.75 Å². The van der Waals surface area contributed by atoms with Crippen LogP contribution in [0.2, 0.25) is 0 Å². The Kier molecular flexibility index (Phi) is 7.66. The van der Waals surface area contributed by atoms with E-state index in [2.05, 4.69) is 15.5 Å². The van der Waals surface area contributed by atoms with Crippen molar-refractivity contribution in [3.8, 4) is 11.8 Å². The zero-order chi connectivity index (χ0) is 32.0. The summed E-state index contributed by atoms with van der Waals surface area (Å²) < 4.78 is 36.3. The van der Waals surface area contributed by atoms with Gasteiger partial charge in [-0.3, -0.25) is 24.6 Å². The first kappa shape index (κ1) is 29.8. The molecule has 0 aliphatic carbocycles. The monoisotopic (exact) mass is 626 g/mol. The number of amides is 3. The quantitative estimate of drug-likeness (QED) is 0.385. The van der Waals surface area contributed by atoms with Gasteiger partial charge in [0.05, 0.1) is 29.4 Å². The SMILES string of the molecule is N#Cc1ccc(N2CCN(C3(c4ccc(COc5cccc6c5CN([C@H]5CCC(=O)NC5=O)C6=O)c(F)c4)CNC3)CC2)c(F)c1. The summed E-state index contributed by atoms with van der Waals surface area (Å²) in [6.07, 6.45) is 0.432. The lowest BCUT2D eigenvalue weighted by Gasteiger charge is -2.54. The van der Waals surface area contributed by atoms with Gasteiger partial charge in [-0.15, -0.1) is 0 Å². The highest BCUT2D eigenvalue weighted by atomic mass is 19.1. The van der Waals surface area contributed by atoms with Gasteiger partial charge in [0.1, 0.15) is 30.0 Å². The summed E-state index contributed by atoms with van der Waals surface area (Å²) in [7, 11) is 0. The number of nitrogens with zero attached hydrogens (tertiary/aromatic N) is 4. The van der Waals surface area contributed by atoms with E-state index in [0.29, 0.717) is 67.4 Å². The molecule has 10 nitrogen and oxygen atoms in total. The Morgan fingerprint density at radius 1 is 0.978 bits per heavy atom. The van der Waals surface area contributed by atoms with Crippen molar-refractivity contribution in [3.63, 3.8) is 0 Å². The molecule has 2 N–H and O–H groups in total. The van der Waals surface area contributed by atoms with Gasteiger partial charge < -0.3 is 19.9 Å². The smallest absolute Gasteiger partial charge is 0.255 e. The van der Waals surface area contributed by atoms with E-state index >= 15 is 4.39 Å². The Balaban J connectivity index is 1.02. The molecule has 0 saturated carbocycles. The summed E-state index contributed by atoms with van der Waals surface area (Å²) >= 11 is 0. The summed E-state index contributed by atoms with van der Waals surface area (Å²) in [6, 6.07) is 16.1. The molecule has 0 aromatic heterocycles. The fourth-order valence-electron chi connectivity index (χ4n) is 6.98. The van der Waals surface area contributed by atoms with Gasteiger partial charge in [0.15, 0.2) is 0 Å². The lowest BCUT2D eigenvalue weighted by Crippen LogP contribution is -2.69. The maximum atomic E-state index is 15.6. The molecule has 0 unspecified atom stereocenters. The van der Waals surface area contributed by atoms with Crippen LogP contribution in [0.25, 0.3) is 0 Å². The Morgan fingerprint density at radius 3 is 2.46 bits per heavy atom. The highest BCUT2D eigenvalue weighted by Gasteiger charge is 2.45. The number of anilines is 1. The van der Waals surface area contributed by atoms with E-state index in [0.717, 1.165) is 5.56 Å². The van der Waals surface area contributed by atoms with Crippen molar-refractivity contribution in [2.75, 3.05) is 44.2 Å². The molecule has 7 rings (SSSR count). The van der Waals surface area contributed by atoms with Gasteiger partial charge in [0, 0.05) is 62.4 Å². The van der Waals surface area contributed by atoms with E-state index in [9.17, 15) is 18.8 Å². The number of fused-ring (bicyclic) bond motifs is 1. The number of nitrogens with one attached hydrogen (secondary N) is 2. The van der Waals surface area contributed by atoms with Crippen LogP contribution in [0.4, 0.5) is 14.5 Å². The van der Waals surface area contributed by atoms with E-state index in [-0.39, 0.29) is 48.9 Å². The zero-order valence-electron chi connectivity index (χ0n) is 25.0. The average molecular weight is 627 g/mol. The molecular weight excluding hydrogens is 594 g/mol. The van der Waals surface area contributed by atoms with Gasteiger partial charge in [-0.2, -0.15) is 5.26 Å². The highest BCUT2D eigenvalue weighted by molar-refractivity contribution is 6.05. The predicted molar refractivity (Wildman–Crippen MR) is 163 cm³/mol. The zero-order valence-corrected chi connectivity index (χ0v) is 25.0. The van der Waals surface area contributed by atoms with Gasteiger partial charge >= 0.3 is 0 Å². The van der Waals surface area contributed by atoms with Crippen LogP contribution < -0.4 is 20.3 Å². The second-order valence-electron chi connectivity index (χ2n) is 12.2. The fraction of sp³-hybridized carbons (Fsp3) is 0.353. The van der Waals surface area contributed by atoms with Crippen molar-refractivity contribution >= 4 is 23.4 Å². The van der Waals surface area contributed by atoms with Gasteiger partial charge in [-0.05, 0) is 48.4 Å². The van der Waals surface area contributed by atoms with E-state index < -0.39 is 23.6 Å². The van der Waals surface area contributed by atoms with Gasteiger partial charge in [-0.1, -0.05) is 18.2 Å². The minimum absolute atomic E-state index is 0.0464. The molecule has 4 heterocycles. The summed E-state index contributed by atoms with van der Waals surface area (Å²) in [6.45, 7) is 3.99. The topological polar surface area (TPSA) is 118 Å². The molecule has 3 amide bonds. The third kappa shape index (κ3) is 5.15. The van der Waals surface area contributed by atoms with Crippen LogP contribution in [-0.4, -0.2) is 72.8 Å². The lowest BCUT2D eigenvalue weighted by atomic mass is 9.81. The Labute approximate surface area is 264 Å². The summed E-state index contributed by atoms with van der Waals surface area (Å²) in [5.41, 5.74) is 2.68. The number of carbonyl (C=O) groups excluding carboxylic acids is 3. The Bertz CT molecular complexity index is 1780. The summed E-state index contributed by atoms with van der Waals surface area (Å²) in [5, 5.41) is 14.7. The molecule has 0 spiro atoms. The van der Waals surface area contributed by atoms with Crippen LogP contribution in [0.3, 0.4) is 0 Å². The number of hydrogen-bond donors (Lipinski definition) is 2. The number of benzene rings is 3. The first-order chi connectivity index (χ1) is 22.3. The molecule has 12 heteroatoms. The number of nitriles is 1. The largest absolute Gasteiger partial charge is 0.488 e. The van der Waals surface area contributed by atoms with Crippen LogP contribution in [-0.2, 0) is 28.3 Å². The third-order valence-corrected chi connectivity index (χ3v) is 9.65. The molecular formula is C34H32F2N6O4. The number of imide groups is 1. The molecule has 3 fully saturated rings. The minimum atomic E-state index is -0.733. The average Bonchev–Trinajstić information content (AvgIpc) is 3.37. The first-order valence-electron chi connectivity index (χ1n) is 15.4.